The molecule has 1 aromatic carbocycles. The van der Waals surface area contributed by atoms with Crippen molar-refractivity contribution in [3.8, 4) is 5.75 Å². The number of carbonyl (C=O) groups is 1. The van der Waals surface area contributed by atoms with Crippen LogP contribution in [0, 0.1) is 0 Å². The van der Waals surface area contributed by atoms with Gasteiger partial charge in [-0.2, -0.15) is 0 Å². The third-order valence-electron chi connectivity index (χ3n) is 2.09. The smallest absolute Gasteiger partial charge is 0.309 e. The molecule has 0 saturated carbocycles. The Morgan fingerprint density at radius 2 is 2.18 bits per heavy atom. The molecule has 0 aliphatic rings. The maximum Gasteiger partial charge on any atom is 0.309 e. The Morgan fingerprint density at radius 1 is 1.41 bits per heavy atom. The van der Waals surface area contributed by atoms with Gasteiger partial charge in [0.15, 0.2) is 0 Å². The van der Waals surface area contributed by atoms with E-state index in [0.29, 0.717) is 18.0 Å². The Hall–Kier alpha value is -1.97. The summed E-state index contributed by atoms with van der Waals surface area (Å²) < 4.78 is 9.91. The van der Waals surface area contributed by atoms with Gasteiger partial charge in [0, 0.05) is 11.8 Å². The van der Waals surface area contributed by atoms with Crippen LogP contribution in [-0.2, 0) is 9.53 Å². The molecule has 0 bridgehead atoms. The standard InChI is InChI=1S/C13H17NO3/c1-3-17-13(15)6-4-5-10-7-11(14)9-12(8-10)16-2/h4-5,7-9H,3,6,14H2,1-2H3. The fourth-order valence-corrected chi connectivity index (χ4v) is 1.37. The van der Waals surface area contributed by atoms with Gasteiger partial charge < -0.3 is 15.2 Å². The lowest BCUT2D eigenvalue weighted by Gasteiger charge is -2.03. The van der Waals surface area contributed by atoms with E-state index in [1.165, 1.54) is 0 Å². The summed E-state index contributed by atoms with van der Waals surface area (Å²) in [7, 11) is 1.58. The molecule has 0 spiro atoms. The zero-order valence-electron chi connectivity index (χ0n) is 10.1. The van der Waals surface area contributed by atoms with Crippen molar-refractivity contribution < 1.29 is 14.3 Å². The molecule has 0 aromatic heterocycles. The zero-order chi connectivity index (χ0) is 12.7. The molecule has 2 N–H and O–H groups in total. The summed E-state index contributed by atoms with van der Waals surface area (Å²) in [5.74, 6) is 0.459. The summed E-state index contributed by atoms with van der Waals surface area (Å²) in [6.07, 6.45) is 3.81. The largest absolute Gasteiger partial charge is 0.497 e. The Labute approximate surface area is 101 Å². The van der Waals surface area contributed by atoms with Gasteiger partial charge in [-0.15, -0.1) is 0 Å². The first-order valence-electron chi connectivity index (χ1n) is 5.42. The first-order chi connectivity index (χ1) is 8.15. The topological polar surface area (TPSA) is 61.5 Å². The van der Waals surface area contributed by atoms with Crippen molar-refractivity contribution in [2.24, 2.45) is 0 Å². The van der Waals surface area contributed by atoms with Crippen molar-refractivity contribution in [2.45, 2.75) is 13.3 Å². The van der Waals surface area contributed by atoms with Gasteiger partial charge in [-0.1, -0.05) is 12.2 Å². The fourth-order valence-electron chi connectivity index (χ4n) is 1.37. The number of ether oxygens (including phenoxy) is 2. The van der Waals surface area contributed by atoms with Crippen molar-refractivity contribution in [1.29, 1.82) is 0 Å². The van der Waals surface area contributed by atoms with Crippen LogP contribution in [-0.4, -0.2) is 19.7 Å². The minimum Gasteiger partial charge on any atom is -0.497 e. The lowest BCUT2D eigenvalue weighted by Crippen LogP contribution is -2.01. The molecule has 0 aliphatic carbocycles. The summed E-state index contributed by atoms with van der Waals surface area (Å²) in [4.78, 5) is 11.1. The molecule has 0 amide bonds. The molecule has 1 rings (SSSR count). The molecular formula is C13H17NO3. The van der Waals surface area contributed by atoms with Gasteiger partial charge in [0.2, 0.25) is 0 Å². The lowest BCUT2D eigenvalue weighted by molar-refractivity contribution is -0.142. The molecule has 0 fully saturated rings. The van der Waals surface area contributed by atoms with Gasteiger partial charge in [-0.25, -0.2) is 0 Å². The third kappa shape index (κ3) is 4.59. The van der Waals surface area contributed by atoms with Crippen molar-refractivity contribution in [1.82, 2.24) is 0 Å². The number of rotatable bonds is 5. The number of nitrogen functional groups attached to an aromatic ring is 1. The van der Waals surface area contributed by atoms with Crippen LogP contribution in [0.25, 0.3) is 6.08 Å². The van der Waals surface area contributed by atoms with Crippen molar-refractivity contribution in [3.63, 3.8) is 0 Å². The van der Waals surface area contributed by atoms with Gasteiger partial charge in [0.25, 0.3) is 0 Å². The second-order valence-electron chi connectivity index (χ2n) is 3.45. The van der Waals surface area contributed by atoms with Crippen LogP contribution in [0.5, 0.6) is 5.75 Å². The molecule has 0 unspecified atom stereocenters. The van der Waals surface area contributed by atoms with Crippen molar-refractivity contribution >= 4 is 17.7 Å². The highest BCUT2D eigenvalue weighted by Crippen LogP contribution is 2.19. The number of methoxy groups -OCH3 is 1. The normalized spacial score (nSPS) is 10.5. The van der Waals surface area contributed by atoms with Gasteiger partial charge in [0.05, 0.1) is 20.1 Å². The second-order valence-corrected chi connectivity index (χ2v) is 3.45. The summed E-state index contributed by atoms with van der Waals surface area (Å²) in [6, 6.07) is 5.39. The molecule has 4 nitrogen and oxygen atoms in total. The Kier molecular flexibility index (Phi) is 5.07. The highest BCUT2D eigenvalue weighted by atomic mass is 16.5. The molecule has 0 saturated heterocycles. The quantitative estimate of drug-likeness (QED) is 0.628. The minimum absolute atomic E-state index is 0.236. The SMILES string of the molecule is CCOC(=O)CC=Cc1cc(N)cc(OC)c1. The van der Waals surface area contributed by atoms with E-state index in [1.807, 2.05) is 18.2 Å². The molecule has 0 atom stereocenters. The zero-order valence-corrected chi connectivity index (χ0v) is 10.1. The van der Waals surface area contributed by atoms with Crippen molar-refractivity contribution in [3.05, 3.63) is 29.8 Å². The van der Waals surface area contributed by atoms with E-state index in [1.54, 1.807) is 26.2 Å². The van der Waals surface area contributed by atoms with E-state index in [0.717, 1.165) is 5.56 Å². The maximum atomic E-state index is 11.1. The molecule has 17 heavy (non-hydrogen) atoms. The average molecular weight is 235 g/mol. The molecule has 92 valence electrons. The van der Waals surface area contributed by atoms with Crippen LogP contribution in [0.1, 0.15) is 18.9 Å². The monoisotopic (exact) mass is 235 g/mol. The van der Waals surface area contributed by atoms with E-state index < -0.39 is 0 Å². The van der Waals surface area contributed by atoms with Gasteiger partial charge in [0.1, 0.15) is 5.75 Å². The summed E-state index contributed by atoms with van der Waals surface area (Å²) in [5.41, 5.74) is 7.23. The van der Waals surface area contributed by atoms with E-state index in [9.17, 15) is 4.79 Å². The molecule has 0 radical (unpaired) electrons. The van der Waals surface area contributed by atoms with Crippen LogP contribution >= 0.6 is 0 Å². The number of benzene rings is 1. The Morgan fingerprint density at radius 3 is 2.82 bits per heavy atom. The van der Waals surface area contributed by atoms with Crippen LogP contribution in [0.3, 0.4) is 0 Å². The summed E-state index contributed by atoms with van der Waals surface area (Å²) in [5, 5.41) is 0. The Balaban J connectivity index is 2.64. The summed E-state index contributed by atoms with van der Waals surface area (Å²) >= 11 is 0. The maximum absolute atomic E-state index is 11.1. The Bertz CT molecular complexity index is 413. The molecule has 1 aromatic rings. The van der Waals surface area contributed by atoms with Gasteiger partial charge in [-0.3, -0.25) is 4.79 Å². The molecule has 4 heteroatoms. The van der Waals surface area contributed by atoms with E-state index >= 15 is 0 Å². The van der Waals surface area contributed by atoms with E-state index in [-0.39, 0.29) is 12.4 Å². The minimum atomic E-state index is -0.236. The molecule has 0 aliphatic heterocycles. The average Bonchev–Trinajstić information content (AvgIpc) is 2.28. The number of anilines is 1. The van der Waals surface area contributed by atoms with E-state index in [4.69, 9.17) is 15.2 Å². The second kappa shape index (κ2) is 6.58. The van der Waals surface area contributed by atoms with Crippen LogP contribution < -0.4 is 10.5 Å². The third-order valence-corrected chi connectivity index (χ3v) is 2.09. The van der Waals surface area contributed by atoms with Crippen LogP contribution in [0.2, 0.25) is 0 Å². The highest BCUT2D eigenvalue weighted by molar-refractivity contribution is 5.73. The number of hydrogen-bond donors (Lipinski definition) is 1. The summed E-state index contributed by atoms with van der Waals surface area (Å²) in [6.45, 7) is 2.18. The van der Waals surface area contributed by atoms with E-state index in [2.05, 4.69) is 0 Å². The molecular weight excluding hydrogens is 218 g/mol. The fraction of sp³-hybridized carbons (Fsp3) is 0.308. The number of nitrogens with two attached hydrogens (primary N) is 1. The van der Waals surface area contributed by atoms with Crippen LogP contribution in [0.15, 0.2) is 24.3 Å². The predicted molar refractivity (Wildman–Crippen MR) is 67.7 cm³/mol. The number of carbonyl (C=O) groups excluding carboxylic acids is 1. The lowest BCUT2D eigenvalue weighted by atomic mass is 10.1. The van der Waals surface area contributed by atoms with Crippen LogP contribution in [0.4, 0.5) is 5.69 Å². The van der Waals surface area contributed by atoms with Gasteiger partial charge in [-0.05, 0) is 24.6 Å². The number of hydrogen-bond acceptors (Lipinski definition) is 4. The highest BCUT2D eigenvalue weighted by Gasteiger charge is 1.98. The predicted octanol–water partition coefficient (Wildman–Crippen LogP) is 2.24. The molecule has 0 heterocycles. The first kappa shape index (κ1) is 13.1. The van der Waals surface area contributed by atoms with Gasteiger partial charge >= 0.3 is 5.97 Å². The first-order valence-corrected chi connectivity index (χ1v) is 5.42. The number of esters is 1. The van der Waals surface area contributed by atoms with Crippen molar-refractivity contribution in [2.75, 3.05) is 19.5 Å².